The van der Waals surface area contributed by atoms with Crippen LogP contribution in [0, 0.1) is 0 Å². The number of amides is 2. The van der Waals surface area contributed by atoms with Crippen molar-refractivity contribution >= 4 is 40.8 Å². The van der Waals surface area contributed by atoms with Crippen molar-refractivity contribution in [3.8, 4) is 0 Å². The molecule has 0 saturated heterocycles. The Kier molecular flexibility index (Phi) is 7.39. The maximum atomic E-state index is 11.8. The number of ether oxygens (including phenoxy) is 1. The van der Waals surface area contributed by atoms with Crippen LogP contribution in [0.3, 0.4) is 0 Å². The van der Waals surface area contributed by atoms with Crippen molar-refractivity contribution in [2.24, 2.45) is 0 Å². The van der Waals surface area contributed by atoms with Gasteiger partial charge in [0.25, 0.3) is 0 Å². The fraction of sp³-hybridized carbons (Fsp3) is 0.400. The molecule has 0 aliphatic rings. The van der Waals surface area contributed by atoms with Crippen molar-refractivity contribution in [3.05, 3.63) is 23.2 Å². The van der Waals surface area contributed by atoms with Crippen LogP contribution in [-0.2, 0) is 19.1 Å². The Labute approximate surface area is 134 Å². The number of hydrogen-bond donors (Lipinski definition) is 2. The molecule has 0 atom stereocenters. The van der Waals surface area contributed by atoms with Gasteiger partial charge in [0.2, 0.25) is 11.8 Å². The van der Waals surface area contributed by atoms with Gasteiger partial charge in [-0.05, 0) is 24.6 Å². The van der Waals surface area contributed by atoms with E-state index in [2.05, 4.69) is 15.4 Å². The second kappa shape index (κ2) is 9.04. The summed E-state index contributed by atoms with van der Waals surface area (Å²) in [5, 5.41) is 5.67. The molecule has 0 saturated carbocycles. The van der Waals surface area contributed by atoms with Gasteiger partial charge in [-0.1, -0.05) is 18.5 Å². The molecule has 2 amide bonds. The first-order valence-corrected chi connectivity index (χ1v) is 7.30. The lowest BCUT2D eigenvalue weighted by Gasteiger charge is -2.10. The summed E-state index contributed by atoms with van der Waals surface area (Å²) >= 11 is 6.01. The van der Waals surface area contributed by atoms with Crippen LogP contribution in [-0.4, -0.2) is 24.9 Å². The SMILES string of the molecule is CCCC(=O)Nc1ccc(Cl)c(NC(=O)CCC(=O)OC)c1. The smallest absolute Gasteiger partial charge is 0.306 e. The number of anilines is 2. The van der Waals surface area contributed by atoms with Crippen LogP contribution in [0.1, 0.15) is 32.6 Å². The van der Waals surface area contributed by atoms with Crippen LogP contribution in [0.4, 0.5) is 11.4 Å². The summed E-state index contributed by atoms with van der Waals surface area (Å²) < 4.78 is 4.47. The maximum absolute atomic E-state index is 11.8. The first-order chi connectivity index (χ1) is 10.5. The van der Waals surface area contributed by atoms with Crippen LogP contribution >= 0.6 is 11.6 Å². The second-order valence-electron chi connectivity index (χ2n) is 4.62. The van der Waals surface area contributed by atoms with Crippen molar-refractivity contribution in [2.75, 3.05) is 17.7 Å². The van der Waals surface area contributed by atoms with E-state index in [1.165, 1.54) is 7.11 Å². The zero-order valence-electron chi connectivity index (χ0n) is 12.6. The number of esters is 1. The molecule has 22 heavy (non-hydrogen) atoms. The zero-order chi connectivity index (χ0) is 16.5. The highest BCUT2D eigenvalue weighted by molar-refractivity contribution is 6.33. The lowest BCUT2D eigenvalue weighted by molar-refractivity contribution is -0.141. The van der Waals surface area contributed by atoms with Crippen molar-refractivity contribution in [1.82, 2.24) is 0 Å². The Morgan fingerprint density at radius 2 is 1.77 bits per heavy atom. The predicted molar refractivity (Wildman–Crippen MR) is 84.9 cm³/mol. The minimum Gasteiger partial charge on any atom is -0.469 e. The summed E-state index contributed by atoms with van der Waals surface area (Å²) in [5.41, 5.74) is 0.928. The van der Waals surface area contributed by atoms with E-state index in [0.717, 1.165) is 6.42 Å². The standard InChI is InChI=1S/C15H19ClN2O4/c1-3-4-13(19)17-10-5-6-11(16)12(9-10)18-14(20)7-8-15(21)22-2/h5-6,9H,3-4,7-8H2,1-2H3,(H,17,19)(H,18,20). The van der Waals surface area contributed by atoms with E-state index in [-0.39, 0.29) is 24.7 Å². The number of hydrogen-bond acceptors (Lipinski definition) is 4. The minimum absolute atomic E-state index is 0.00454. The first kappa shape index (κ1) is 18.0. The van der Waals surface area contributed by atoms with E-state index in [9.17, 15) is 14.4 Å². The predicted octanol–water partition coefficient (Wildman–Crippen LogP) is 2.97. The van der Waals surface area contributed by atoms with Gasteiger partial charge in [-0.25, -0.2) is 0 Å². The van der Waals surface area contributed by atoms with Crippen LogP contribution in [0.15, 0.2) is 18.2 Å². The van der Waals surface area contributed by atoms with Gasteiger partial charge >= 0.3 is 5.97 Å². The minimum atomic E-state index is -0.457. The van der Waals surface area contributed by atoms with Gasteiger partial charge < -0.3 is 15.4 Å². The van der Waals surface area contributed by atoms with Crippen LogP contribution < -0.4 is 10.6 Å². The molecule has 1 aromatic rings. The van der Waals surface area contributed by atoms with Crippen LogP contribution in [0.5, 0.6) is 0 Å². The van der Waals surface area contributed by atoms with Crippen LogP contribution in [0.2, 0.25) is 5.02 Å². The van der Waals surface area contributed by atoms with Gasteiger partial charge in [0, 0.05) is 18.5 Å². The fourth-order valence-electron chi connectivity index (χ4n) is 1.68. The summed E-state index contributed by atoms with van der Waals surface area (Å²) in [4.78, 5) is 34.3. The highest BCUT2D eigenvalue weighted by atomic mass is 35.5. The number of carbonyl (C=O) groups is 3. The van der Waals surface area contributed by atoms with Gasteiger partial charge in [0.05, 0.1) is 24.2 Å². The van der Waals surface area contributed by atoms with E-state index >= 15 is 0 Å². The highest BCUT2D eigenvalue weighted by Gasteiger charge is 2.10. The average Bonchev–Trinajstić information content (AvgIpc) is 2.48. The molecular weight excluding hydrogens is 308 g/mol. The Morgan fingerprint density at radius 1 is 1.09 bits per heavy atom. The molecule has 0 fully saturated rings. The van der Waals surface area contributed by atoms with Gasteiger partial charge in [-0.3, -0.25) is 14.4 Å². The molecule has 1 aromatic carbocycles. The largest absolute Gasteiger partial charge is 0.469 e. The van der Waals surface area contributed by atoms with Crippen molar-refractivity contribution in [1.29, 1.82) is 0 Å². The second-order valence-corrected chi connectivity index (χ2v) is 5.02. The molecule has 1 rings (SSSR count). The Morgan fingerprint density at radius 3 is 2.41 bits per heavy atom. The third-order valence-electron chi connectivity index (χ3n) is 2.79. The van der Waals surface area contributed by atoms with Crippen molar-refractivity contribution in [2.45, 2.75) is 32.6 Å². The molecule has 0 radical (unpaired) electrons. The summed E-state index contributed by atoms with van der Waals surface area (Å²) in [6.07, 6.45) is 1.16. The number of nitrogens with one attached hydrogen (secondary N) is 2. The molecule has 2 N–H and O–H groups in total. The molecule has 120 valence electrons. The molecule has 0 aliphatic carbocycles. The summed E-state index contributed by atoms with van der Waals surface area (Å²) in [5.74, 6) is -0.918. The number of halogens is 1. The van der Waals surface area contributed by atoms with E-state index in [4.69, 9.17) is 11.6 Å². The number of benzene rings is 1. The highest BCUT2D eigenvalue weighted by Crippen LogP contribution is 2.26. The molecule has 0 bridgehead atoms. The van der Waals surface area contributed by atoms with E-state index < -0.39 is 5.97 Å². The molecule has 6 nitrogen and oxygen atoms in total. The molecule has 0 unspecified atom stereocenters. The fourth-order valence-corrected chi connectivity index (χ4v) is 1.84. The quantitative estimate of drug-likeness (QED) is 0.754. The van der Waals surface area contributed by atoms with Gasteiger partial charge in [-0.15, -0.1) is 0 Å². The summed E-state index contributed by atoms with van der Waals surface area (Å²) in [7, 11) is 1.26. The Balaban J connectivity index is 2.67. The molecule has 0 heterocycles. The summed E-state index contributed by atoms with van der Waals surface area (Å²) in [6.45, 7) is 1.91. The molecule has 0 aromatic heterocycles. The average molecular weight is 327 g/mol. The summed E-state index contributed by atoms with van der Waals surface area (Å²) in [6, 6.07) is 4.81. The number of carbonyl (C=O) groups excluding carboxylic acids is 3. The monoisotopic (exact) mass is 326 g/mol. The Bertz CT molecular complexity index is 560. The van der Waals surface area contributed by atoms with Gasteiger partial charge in [0.15, 0.2) is 0 Å². The van der Waals surface area contributed by atoms with Crippen LogP contribution in [0.25, 0.3) is 0 Å². The molecular formula is C15H19ClN2O4. The maximum Gasteiger partial charge on any atom is 0.306 e. The molecule has 0 spiro atoms. The lowest BCUT2D eigenvalue weighted by Crippen LogP contribution is -2.15. The topological polar surface area (TPSA) is 84.5 Å². The van der Waals surface area contributed by atoms with Crippen molar-refractivity contribution in [3.63, 3.8) is 0 Å². The van der Waals surface area contributed by atoms with Gasteiger partial charge in [-0.2, -0.15) is 0 Å². The Hall–Kier alpha value is -2.08. The molecule has 7 heteroatoms. The zero-order valence-corrected chi connectivity index (χ0v) is 13.3. The number of methoxy groups -OCH3 is 1. The normalized spacial score (nSPS) is 9.95. The lowest BCUT2D eigenvalue weighted by atomic mass is 10.2. The van der Waals surface area contributed by atoms with E-state index in [1.807, 2.05) is 6.92 Å². The van der Waals surface area contributed by atoms with E-state index in [1.54, 1.807) is 18.2 Å². The molecule has 0 aliphatic heterocycles. The van der Waals surface area contributed by atoms with Gasteiger partial charge in [0.1, 0.15) is 0 Å². The number of rotatable bonds is 7. The first-order valence-electron chi connectivity index (χ1n) is 6.92. The van der Waals surface area contributed by atoms with Crippen molar-refractivity contribution < 1.29 is 19.1 Å². The third kappa shape index (κ3) is 6.13. The third-order valence-corrected chi connectivity index (χ3v) is 3.11. The van der Waals surface area contributed by atoms with E-state index in [0.29, 0.717) is 22.8 Å².